The first-order valence-electron chi connectivity index (χ1n) is 14.8. The predicted octanol–water partition coefficient (Wildman–Crippen LogP) is 5.05. The summed E-state index contributed by atoms with van der Waals surface area (Å²) < 4.78 is 18.6. The highest BCUT2D eigenvalue weighted by Crippen LogP contribution is 2.39. The zero-order valence-corrected chi connectivity index (χ0v) is 24.1. The number of nitrogens with one attached hydrogen (secondary N) is 1. The number of hydrogen-bond donors (Lipinski definition) is 2. The standard InChI is InChI=1S/C35H37N3O5/c39-24-25-7-9-27(10-8-25)33-20-31(23-38-16-18-41-19-17-38)42-35(43-33)28-13-11-26(12-14-28)32-6-2-1-4-29(32)22-37-34(40)30-5-3-15-36-21-30/h1-15,21,31,33,35,39H,16-20,22-24H2,(H,37,40). The molecule has 3 atom stereocenters. The molecule has 3 unspecified atom stereocenters. The fourth-order valence-electron chi connectivity index (χ4n) is 5.66. The van der Waals surface area contributed by atoms with E-state index < -0.39 is 6.29 Å². The Hall–Kier alpha value is -3.92. The Bertz CT molecular complexity index is 1470. The average molecular weight is 580 g/mol. The maximum atomic E-state index is 12.6. The van der Waals surface area contributed by atoms with Gasteiger partial charge in [0.15, 0.2) is 6.29 Å². The summed E-state index contributed by atoms with van der Waals surface area (Å²) in [5.41, 5.74) is 6.57. The number of rotatable bonds is 9. The highest BCUT2D eigenvalue weighted by Gasteiger charge is 2.33. The molecule has 0 radical (unpaired) electrons. The molecule has 2 N–H and O–H groups in total. The molecule has 4 aromatic rings. The Morgan fingerprint density at radius 1 is 0.907 bits per heavy atom. The quantitative estimate of drug-likeness (QED) is 0.287. The number of ether oxygens (including phenoxy) is 3. The van der Waals surface area contributed by atoms with Gasteiger partial charge in [-0.2, -0.15) is 0 Å². The van der Waals surface area contributed by atoms with Crippen LogP contribution >= 0.6 is 0 Å². The van der Waals surface area contributed by atoms with Crippen molar-refractivity contribution in [3.8, 4) is 11.1 Å². The lowest BCUT2D eigenvalue weighted by atomic mass is 9.97. The number of nitrogens with zero attached hydrogens (tertiary/aromatic N) is 2. The number of aromatic nitrogens is 1. The van der Waals surface area contributed by atoms with Gasteiger partial charge in [0.05, 0.1) is 37.6 Å². The molecule has 2 saturated heterocycles. The van der Waals surface area contributed by atoms with Crippen LogP contribution < -0.4 is 5.32 Å². The Balaban J connectivity index is 1.18. The van der Waals surface area contributed by atoms with Crippen molar-refractivity contribution in [2.45, 2.75) is 38.1 Å². The second-order valence-corrected chi connectivity index (χ2v) is 11.0. The van der Waals surface area contributed by atoms with Crippen molar-refractivity contribution in [2.75, 3.05) is 32.8 Å². The van der Waals surface area contributed by atoms with Crippen molar-refractivity contribution in [2.24, 2.45) is 0 Å². The number of pyridine rings is 1. The zero-order valence-electron chi connectivity index (χ0n) is 24.1. The zero-order chi connectivity index (χ0) is 29.4. The minimum Gasteiger partial charge on any atom is -0.392 e. The molecule has 1 aromatic heterocycles. The molecule has 2 fully saturated rings. The van der Waals surface area contributed by atoms with Crippen molar-refractivity contribution in [3.63, 3.8) is 0 Å². The summed E-state index contributed by atoms with van der Waals surface area (Å²) in [5, 5.41) is 12.5. The lowest BCUT2D eigenvalue weighted by molar-refractivity contribution is -0.253. The van der Waals surface area contributed by atoms with E-state index in [1.54, 1.807) is 24.5 Å². The molecule has 43 heavy (non-hydrogen) atoms. The van der Waals surface area contributed by atoms with Gasteiger partial charge in [-0.3, -0.25) is 14.7 Å². The smallest absolute Gasteiger partial charge is 0.253 e. The Morgan fingerprint density at radius 3 is 2.42 bits per heavy atom. The second kappa shape index (κ2) is 14.0. The molecule has 3 heterocycles. The van der Waals surface area contributed by atoms with Gasteiger partial charge in [0.2, 0.25) is 0 Å². The summed E-state index contributed by atoms with van der Waals surface area (Å²) in [6.45, 7) is 4.54. The maximum Gasteiger partial charge on any atom is 0.253 e. The summed E-state index contributed by atoms with van der Waals surface area (Å²) in [6, 6.07) is 27.9. The molecule has 2 aliphatic heterocycles. The van der Waals surface area contributed by atoms with Crippen LogP contribution in [0.4, 0.5) is 0 Å². The normalized spacial score (nSPS) is 20.9. The van der Waals surface area contributed by atoms with E-state index in [4.69, 9.17) is 14.2 Å². The van der Waals surface area contributed by atoms with Gasteiger partial charge >= 0.3 is 0 Å². The van der Waals surface area contributed by atoms with Crippen LogP contribution in [-0.2, 0) is 27.4 Å². The number of aliphatic hydroxyl groups excluding tert-OH is 1. The van der Waals surface area contributed by atoms with Crippen molar-refractivity contribution in [1.29, 1.82) is 0 Å². The van der Waals surface area contributed by atoms with E-state index in [0.29, 0.717) is 12.1 Å². The first kappa shape index (κ1) is 29.2. The topological polar surface area (TPSA) is 93.2 Å². The van der Waals surface area contributed by atoms with Gasteiger partial charge in [-0.25, -0.2) is 0 Å². The van der Waals surface area contributed by atoms with Crippen molar-refractivity contribution < 1.29 is 24.1 Å². The molecule has 8 nitrogen and oxygen atoms in total. The van der Waals surface area contributed by atoms with E-state index in [9.17, 15) is 9.90 Å². The molecule has 1 amide bonds. The van der Waals surface area contributed by atoms with E-state index >= 15 is 0 Å². The monoisotopic (exact) mass is 579 g/mol. The molecule has 6 rings (SSSR count). The summed E-state index contributed by atoms with van der Waals surface area (Å²) in [4.78, 5) is 19.0. The lowest BCUT2D eigenvalue weighted by Gasteiger charge is -2.39. The number of carbonyl (C=O) groups excluding carboxylic acids is 1. The molecule has 222 valence electrons. The fourth-order valence-corrected chi connectivity index (χ4v) is 5.66. The van der Waals surface area contributed by atoms with E-state index in [2.05, 4.69) is 45.5 Å². The maximum absolute atomic E-state index is 12.6. The van der Waals surface area contributed by atoms with Gasteiger partial charge in [-0.05, 0) is 39.9 Å². The third kappa shape index (κ3) is 7.36. The van der Waals surface area contributed by atoms with Crippen molar-refractivity contribution in [1.82, 2.24) is 15.2 Å². The molecule has 0 aliphatic carbocycles. The van der Waals surface area contributed by atoms with Crippen LogP contribution in [0.2, 0.25) is 0 Å². The molecule has 8 heteroatoms. The number of morpholine rings is 1. The first-order valence-corrected chi connectivity index (χ1v) is 14.8. The van der Waals surface area contributed by atoms with Crippen LogP contribution in [0.1, 0.15) is 51.4 Å². The Morgan fingerprint density at radius 2 is 1.67 bits per heavy atom. The molecular formula is C35H37N3O5. The SMILES string of the molecule is O=C(NCc1ccccc1-c1ccc(C2OC(CN3CCOCC3)CC(c3ccc(CO)cc3)O2)cc1)c1cccnc1. The fraction of sp³-hybridized carbons (Fsp3) is 0.314. The minimum absolute atomic E-state index is 0.00296. The highest BCUT2D eigenvalue weighted by atomic mass is 16.7. The van der Waals surface area contributed by atoms with Crippen molar-refractivity contribution >= 4 is 5.91 Å². The van der Waals surface area contributed by atoms with E-state index in [0.717, 1.165) is 72.6 Å². The molecule has 0 bridgehead atoms. The van der Waals surface area contributed by atoms with Crippen LogP contribution in [0.15, 0.2) is 97.3 Å². The summed E-state index contributed by atoms with van der Waals surface area (Å²) >= 11 is 0. The lowest BCUT2D eigenvalue weighted by Crippen LogP contribution is -2.44. The van der Waals surface area contributed by atoms with E-state index in [1.165, 1.54) is 0 Å². The third-order valence-corrected chi connectivity index (χ3v) is 8.05. The van der Waals surface area contributed by atoms with Crippen molar-refractivity contribution in [3.05, 3.63) is 125 Å². The molecule has 3 aromatic carbocycles. The number of carbonyl (C=O) groups is 1. The van der Waals surface area contributed by atoms with Gasteiger partial charge < -0.3 is 24.6 Å². The average Bonchev–Trinajstić information content (AvgIpc) is 3.08. The van der Waals surface area contributed by atoms with Gasteiger partial charge in [-0.1, -0.05) is 72.8 Å². The number of aliphatic hydroxyl groups is 1. The van der Waals surface area contributed by atoms with Crippen LogP contribution in [0.5, 0.6) is 0 Å². The largest absolute Gasteiger partial charge is 0.392 e. The number of hydrogen-bond acceptors (Lipinski definition) is 7. The van der Waals surface area contributed by atoms with Crippen LogP contribution in [0.25, 0.3) is 11.1 Å². The molecule has 2 aliphatic rings. The summed E-state index contributed by atoms with van der Waals surface area (Å²) in [5.74, 6) is -0.156. The van der Waals surface area contributed by atoms with Gasteiger partial charge in [0.1, 0.15) is 0 Å². The van der Waals surface area contributed by atoms with Gasteiger partial charge in [0, 0.05) is 50.6 Å². The predicted molar refractivity (Wildman–Crippen MR) is 163 cm³/mol. The van der Waals surface area contributed by atoms with E-state index in [1.807, 2.05) is 42.5 Å². The van der Waals surface area contributed by atoms with Gasteiger partial charge in [-0.15, -0.1) is 0 Å². The minimum atomic E-state index is -0.509. The third-order valence-electron chi connectivity index (χ3n) is 8.05. The molecule has 0 spiro atoms. The highest BCUT2D eigenvalue weighted by molar-refractivity contribution is 5.93. The van der Waals surface area contributed by atoms with Crippen LogP contribution in [0.3, 0.4) is 0 Å². The van der Waals surface area contributed by atoms with Crippen LogP contribution in [0, 0.1) is 0 Å². The summed E-state index contributed by atoms with van der Waals surface area (Å²) in [6.07, 6.45) is 3.34. The van der Waals surface area contributed by atoms with E-state index in [-0.39, 0.29) is 24.7 Å². The number of amides is 1. The first-order chi connectivity index (χ1) is 21.2. The Labute approximate surface area is 252 Å². The molecular weight excluding hydrogens is 542 g/mol. The van der Waals surface area contributed by atoms with Crippen LogP contribution in [-0.4, -0.2) is 59.8 Å². The second-order valence-electron chi connectivity index (χ2n) is 11.0. The summed E-state index contributed by atoms with van der Waals surface area (Å²) in [7, 11) is 0. The number of benzene rings is 3. The van der Waals surface area contributed by atoms with Gasteiger partial charge in [0.25, 0.3) is 5.91 Å². The molecule has 0 saturated carbocycles. The Kier molecular flexibility index (Phi) is 9.52.